The number of rotatable bonds is 4. The third kappa shape index (κ3) is 2.55. The van der Waals surface area contributed by atoms with Crippen LogP contribution in [-0.2, 0) is 14.9 Å². The van der Waals surface area contributed by atoms with Gasteiger partial charge in [0.25, 0.3) is 0 Å². The van der Waals surface area contributed by atoms with Crippen LogP contribution >= 0.6 is 0 Å². The molecular formula is C21H18FN3O4. The molecule has 4 atom stereocenters. The Kier molecular flexibility index (Phi) is 4.05. The Hall–Kier alpha value is -3.02. The summed E-state index contributed by atoms with van der Waals surface area (Å²) in [6.07, 6.45) is 0.378. The number of hydrogen-bond donors (Lipinski definition) is 1. The second-order valence-electron chi connectivity index (χ2n) is 7.59. The van der Waals surface area contributed by atoms with Crippen molar-refractivity contribution in [2.45, 2.75) is 11.5 Å². The van der Waals surface area contributed by atoms with Gasteiger partial charge in [-0.05, 0) is 24.3 Å². The quantitative estimate of drug-likeness (QED) is 0.853. The Labute approximate surface area is 166 Å². The zero-order valence-electron chi connectivity index (χ0n) is 15.4. The number of anilines is 1. The number of fused-ring (bicyclic) bond motifs is 1. The monoisotopic (exact) mass is 395 g/mol. The number of carbonyl (C=O) groups excluding carboxylic acids is 1. The molecule has 1 N–H and O–H groups in total. The Bertz CT molecular complexity index is 1030. The number of aromatic nitrogens is 1. The Morgan fingerprint density at radius 1 is 1.31 bits per heavy atom. The second-order valence-corrected chi connectivity index (χ2v) is 7.59. The van der Waals surface area contributed by atoms with Crippen molar-refractivity contribution in [3.63, 3.8) is 0 Å². The van der Waals surface area contributed by atoms with Crippen molar-refractivity contribution < 1.29 is 23.8 Å². The SMILES string of the molecule is N#CC1(c2ncccc2-c2ccc(N3C[C@H](CO)OC3=O)cc2F)[C@@H]2COC[C@@H]21. The summed E-state index contributed by atoms with van der Waals surface area (Å²) in [5.41, 5.74) is 1.08. The summed E-state index contributed by atoms with van der Waals surface area (Å²) >= 11 is 0. The Morgan fingerprint density at radius 2 is 2.10 bits per heavy atom. The van der Waals surface area contributed by atoms with Gasteiger partial charge in [0.2, 0.25) is 0 Å². The molecule has 2 aromatic rings. The molecule has 1 aliphatic carbocycles. The van der Waals surface area contributed by atoms with Gasteiger partial charge in [0.1, 0.15) is 17.3 Å². The van der Waals surface area contributed by atoms with Crippen LogP contribution in [0.25, 0.3) is 11.1 Å². The summed E-state index contributed by atoms with van der Waals surface area (Å²) in [7, 11) is 0. The lowest BCUT2D eigenvalue weighted by Gasteiger charge is -2.18. The van der Waals surface area contributed by atoms with Gasteiger partial charge in [0, 0.05) is 29.2 Å². The molecule has 1 aromatic carbocycles. The van der Waals surface area contributed by atoms with Crippen LogP contribution in [0.5, 0.6) is 0 Å². The first-order valence-corrected chi connectivity index (χ1v) is 9.43. The molecule has 148 valence electrons. The highest BCUT2D eigenvalue weighted by Crippen LogP contribution is 2.63. The largest absolute Gasteiger partial charge is 0.441 e. The summed E-state index contributed by atoms with van der Waals surface area (Å²) in [5, 5.41) is 19.1. The maximum atomic E-state index is 15.1. The Balaban J connectivity index is 1.52. The molecule has 0 bridgehead atoms. The van der Waals surface area contributed by atoms with Gasteiger partial charge in [-0.3, -0.25) is 9.88 Å². The molecule has 7 nitrogen and oxygen atoms in total. The molecule has 2 saturated heterocycles. The lowest BCUT2D eigenvalue weighted by molar-refractivity contribution is 0.0963. The van der Waals surface area contributed by atoms with Crippen molar-refractivity contribution in [2.75, 3.05) is 31.3 Å². The predicted octanol–water partition coefficient (Wildman–Crippen LogP) is 2.24. The van der Waals surface area contributed by atoms with Crippen LogP contribution in [0.1, 0.15) is 5.69 Å². The van der Waals surface area contributed by atoms with Gasteiger partial charge in [-0.15, -0.1) is 0 Å². The van der Waals surface area contributed by atoms with Crippen molar-refractivity contribution >= 4 is 11.8 Å². The topological polar surface area (TPSA) is 95.7 Å². The molecule has 3 heterocycles. The van der Waals surface area contributed by atoms with E-state index in [1.807, 2.05) is 0 Å². The fourth-order valence-electron chi connectivity index (χ4n) is 4.60. The molecule has 8 heteroatoms. The van der Waals surface area contributed by atoms with E-state index in [4.69, 9.17) is 9.47 Å². The van der Waals surface area contributed by atoms with E-state index in [1.54, 1.807) is 30.5 Å². The van der Waals surface area contributed by atoms with E-state index in [9.17, 15) is 15.2 Å². The van der Waals surface area contributed by atoms with Gasteiger partial charge < -0.3 is 14.6 Å². The average Bonchev–Trinajstić information content (AvgIpc) is 3.06. The first-order valence-electron chi connectivity index (χ1n) is 9.43. The highest BCUT2D eigenvalue weighted by atomic mass is 19.1. The first kappa shape index (κ1) is 18.0. The number of pyridine rings is 1. The van der Waals surface area contributed by atoms with Gasteiger partial charge in [0.05, 0.1) is 43.8 Å². The van der Waals surface area contributed by atoms with Crippen LogP contribution in [0.4, 0.5) is 14.9 Å². The van der Waals surface area contributed by atoms with Crippen LogP contribution in [0, 0.1) is 29.0 Å². The second kappa shape index (κ2) is 6.51. The molecular weight excluding hydrogens is 377 g/mol. The minimum Gasteiger partial charge on any atom is -0.441 e. The smallest absolute Gasteiger partial charge is 0.414 e. The van der Waals surface area contributed by atoms with Crippen molar-refractivity contribution in [3.05, 3.63) is 48.0 Å². The van der Waals surface area contributed by atoms with Gasteiger partial charge in [0.15, 0.2) is 0 Å². The number of aliphatic hydroxyl groups is 1. The highest BCUT2D eigenvalue weighted by Gasteiger charge is 2.70. The van der Waals surface area contributed by atoms with E-state index in [-0.39, 0.29) is 25.0 Å². The number of halogens is 1. The number of hydrogen-bond acceptors (Lipinski definition) is 6. The normalized spacial score (nSPS) is 30.0. The third-order valence-electron chi connectivity index (χ3n) is 6.16. The molecule has 29 heavy (non-hydrogen) atoms. The van der Waals surface area contributed by atoms with Crippen LogP contribution in [0.15, 0.2) is 36.5 Å². The number of carbonyl (C=O) groups is 1. The highest BCUT2D eigenvalue weighted by molar-refractivity contribution is 5.90. The molecule has 0 radical (unpaired) electrons. The number of amides is 1. The molecule has 1 unspecified atom stereocenters. The molecule has 3 fully saturated rings. The minimum absolute atomic E-state index is 0.0817. The van der Waals surface area contributed by atoms with Crippen LogP contribution in [0.2, 0.25) is 0 Å². The van der Waals surface area contributed by atoms with Crippen molar-refractivity contribution in [1.82, 2.24) is 4.98 Å². The van der Waals surface area contributed by atoms with Crippen molar-refractivity contribution in [3.8, 4) is 17.2 Å². The van der Waals surface area contributed by atoms with Crippen molar-refractivity contribution in [1.29, 1.82) is 5.26 Å². The molecule has 0 spiro atoms. The number of ether oxygens (including phenoxy) is 2. The summed E-state index contributed by atoms with van der Waals surface area (Å²) in [6.45, 7) is 0.898. The number of aliphatic hydroxyl groups excluding tert-OH is 1. The zero-order chi connectivity index (χ0) is 20.2. The number of benzene rings is 1. The number of nitriles is 1. The van der Waals surface area contributed by atoms with E-state index in [0.29, 0.717) is 35.7 Å². The van der Waals surface area contributed by atoms with E-state index in [2.05, 4.69) is 11.1 Å². The summed E-state index contributed by atoms with van der Waals surface area (Å²) in [4.78, 5) is 17.7. The standard InChI is InChI=1S/C21H18FN3O4/c22-18-6-12(25-7-13(8-26)29-20(25)27)3-4-14(18)15-2-1-5-24-19(15)21(11-23)16-9-28-10-17(16)21/h1-6,13,16-17,26H,7-10H2/t13-,16-,17+,21?/m1/s1. The van der Waals surface area contributed by atoms with Crippen LogP contribution in [-0.4, -0.2) is 48.7 Å². The minimum atomic E-state index is -0.743. The van der Waals surface area contributed by atoms with Gasteiger partial charge in [-0.2, -0.15) is 5.26 Å². The van der Waals surface area contributed by atoms with Crippen molar-refractivity contribution in [2.24, 2.45) is 11.8 Å². The molecule has 1 saturated carbocycles. The van der Waals surface area contributed by atoms with Crippen LogP contribution in [0.3, 0.4) is 0 Å². The maximum absolute atomic E-state index is 15.1. The summed E-state index contributed by atoms with van der Waals surface area (Å²) < 4.78 is 25.6. The van der Waals surface area contributed by atoms with E-state index in [0.717, 1.165) is 0 Å². The fourth-order valence-corrected chi connectivity index (χ4v) is 4.60. The van der Waals surface area contributed by atoms with E-state index < -0.39 is 23.4 Å². The molecule has 1 aromatic heterocycles. The lowest BCUT2D eigenvalue weighted by atomic mass is 9.90. The fraction of sp³-hybridized carbons (Fsp3) is 0.381. The van der Waals surface area contributed by atoms with E-state index >= 15 is 4.39 Å². The van der Waals surface area contributed by atoms with E-state index in [1.165, 1.54) is 11.0 Å². The van der Waals surface area contributed by atoms with Gasteiger partial charge in [-0.1, -0.05) is 6.07 Å². The Morgan fingerprint density at radius 3 is 2.76 bits per heavy atom. The molecule has 3 aliphatic rings. The first-order chi connectivity index (χ1) is 14.1. The predicted molar refractivity (Wildman–Crippen MR) is 99.4 cm³/mol. The number of cyclic esters (lactones) is 1. The average molecular weight is 395 g/mol. The maximum Gasteiger partial charge on any atom is 0.414 e. The lowest BCUT2D eigenvalue weighted by Crippen LogP contribution is -2.25. The molecule has 1 amide bonds. The van der Waals surface area contributed by atoms with Crippen LogP contribution < -0.4 is 4.90 Å². The molecule has 2 aliphatic heterocycles. The number of nitrogens with zero attached hydrogens (tertiary/aromatic N) is 3. The summed E-state index contributed by atoms with van der Waals surface area (Å²) in [6, 6.07) is 10.4. The zero-order valence-corrected chi connectivity index (χ0v) is 15.4. The third-order valence-corrected chi connectivity index (χ3v) is 6.16. The van der Waals surface area contributed by atoms with Gasteiger partial charge in [-0.25, -0.2) is 9.18 Å². The summed E-state index contributed by atoms with van der Waals surface area (Å²) in [5.74, 6) is -0.358. The van der Waals surface area contributed by atoms with Gasteiger partial charge >= 0.3 is 6.09 Å². The molecule has 5 rings (SSSR count).